The van der Waals surface area contributed by atoms with Crippen LogP contribution < -0.4 is 10.6 Å². The second-order valence-electron chi connectivity index (χ2n) is 8.67. The Morgan fingerprint density at radius 1 is 1.35 bits per heavy atom. The Bertz CT molecular complexity index is 1030. The number of phosphoric ester groups is 1. The van der Waals surface area contributed by atoms with Gasteiger partial charge in [0.15, 0.2) is 28.9 Å². The minimum atomic E-state index is -4.21. The van der Waals surface area contributed by atoms with Crippen LogP contribution in [0.2, 0.25) is 0 Å². The molecule has 5 rings (SSSR count). The molecule has 170 valence electrons. The highest BCUT2D eigenvalue weighted by Gasteiger charge is 2.48. The number of fused-ring (bicyclic) bond motifs is 1. The molecular weight excluding hydrogens is 430 g/mol. The third-order valence-electron chi connectivity index (χ3n) is 5.89. The van der Waals surface area contributed by atoms with Crippen molar-refractivity contribution in [2.45, 2.75) is 50.6 Å². The number of hydrogen-bond donors (Lipinski definition) is 2. The summed E-state index contributed by atoms with van der Waals surface area (Å²) in [5.74, 6) is 1.01. The molecule has 1 aliphatic carbocycles. The summed E-state index contributed by atoms with van der Waals surface area (Å²) in [7, 11) is -4.21. The number of hydrogen-bond acceptors (Lipinski definition) is 9. The standard InChI is InChI=1S/C18H26FN6O5P/c1-18(19)7-12(9-29-31(26,27)28-8-11-3-4-11)30-16(18)25-10-21-13-14(24-5-2-6-24)22-17(20)23-15(13)25/h10-12,16H,2-9H2,1H3,(H,26,27)(H2,20,22,23)/t12-,16+,18+/m0/s1. The van der Waals surface area contributed by atoms with E-state index in [1.807, 2.05) is 4.90 Å². The van der Waals surface area contributed by atoms with Crippen molar-refractivity contribution in [2.75, 3.05) is 36.9 Å². The van der Waals surface area contributed by atoms with Crippen LogP contribution in [0.3, 0.4) is 0 Å². The number of nitrogens with zero attached hydrogens (tertiary/aromatic N) is 5. The molecule has 31 heavy (non-hydrogen) atoms. The molecular formula is C18H26FN6O5P. The zero-order valence-electron chi connectivity index (χ0n) is 17.2. The number of imidazole rings is 1. The lowest BCUT2D eigenvalue weighted by Gasteiger charge is -2.32. The van der Waals surface area contributed by atoms with E-state index >= 15 is 4.39 Å². The van der Waals surface area contributed by atoms with Crippen molar-refractivity contribution >= 4 is 30.8 Å². The quantitative estimate of drug-likeness (QED) is 0.568. The van der Waals surface area contributed by atoms with Crippen molar-refractivity contribution in [1.29, 1.82) is 0 Å². The summed E-state index contributed by atoms with van der Waals surface area (Å²) in [6.45, 7) is 3.03. The van der Waals surface area contributed by atoms with Crippen LogP contribution in [0, 0.1) is 5.92 Å². The van der Waals surface area contributed by atoms with Crippen molar-refractivity contribution in [1.82, 2.24) is 19.5 Å². The van der Waals surface area contributed by atoms with E-state index in [2.05, 4.69) is 15.0 Å². The van der Waals surface area contributed by atoms with Crippen LogP contribution in [-0.4, -0.2) is 62.5 Å². The number of rotatable bonds is 8. The Morgan fingerprint density at radius 2 is 2.10 bits per heavy atom. The fourth-order valence-electron chi connectivity index (χ4n) is 3.91. The Balaban J connectivity index is 1.32. The molecule has 0 aromatic carbocycles. The number of phosphoric acid groups is 1. The Hall–Kier alpha value is -1.85. The van der Waals surface area contributed by atoms with E-state index in [9.17, 15) is 9.46 Å². The van der Waals surface area contributed by atoms with Gasteiger partial charge in [-0.25, -0.2) is 13.9 Å². The molecule has 2 aliphatic heterocycles. The van der Waals surface area contributed by atoms with Gasteiger partial charge in [0.2, 0.25) is 5.95 Å². The van der Waals surface area contributed by atoms with E-state index in [4.69, 9.17) is 19.5 Å². The molecule has 11 nitrogen and oxygen atoms in total. The molecule has 3 fully saturated rings. The number of anilines is 2. The largest absolute Gasteiger partial charge is 0.472 e. The second kappa shape index (κ2) is 7.63. The third-order valence-corrected chi connectivity index (χ3v) is 6.84. The topological polar surface area (TPSA) is 138 Å². The summed E-state index contributed by atoms with van der Waals surface area (Å²) >= 11 is 0. The third kappa shape index (κ3) is 4.27. The average molecular weight is 456 g/mol. The molecule has 3 aliphatic rings. The van der Waals surface area contributed by atoms with Gasteiger partial charge < -0.3 is 20.3 Å². The minimum absolute atomic E-state index is 0.0283. The van der Waals surface area contributed by atoms with Crippen LogP contribution in [0.5, 0.6) is 0 Å². The highest BCUT2D eigenvalue weighted by atomic mass is 31.2. The van der Waals surface area contributed by atoms with Crippen LogP contribution in [0.15, 0.2) is 6.33 Å². The maximum Gasteiger partial charge on any atom is 0.472 e. The fourth-order valence-corrected chi connectivity index (χ4v) is 4.74. The summed E-state index contributed by atoms with van der Waals surface area (Å²) in [4.78, 5) is 24.8. The van der Waals surface area contributed by atoms with Crippen LogP contribution >= 0.6 is 7.82 Å². The smallest absolute Gasteiger partial charge is 0.368 e. The van der Waals surface area contributed by atoms with Gasteiger partial charge in [0, 0.05) is 19.5 Å². The van der Waals surface area contributed by atoms with Crippen LogP contribution in [0.4, 0.5) is 16.2 Å². The molecule has 4 heterocycles. The SMILES string of the molecule is C[C@@]1(F)C[C@@H](COP(=O)(O)OCC2CC2)O[C@H]1n1cnc2c(N3CCC3)nc(N)nc21. The van der Waals surface area contributed by atoms with Crippen LogP contribution in [0.25, 0.3) is 11.2 Å². The van der Waals surface area contributed by atoms with Gasteiger partial charge in [-0.2, -0.15) is 9.97 Å². The first-order valence-electron chi connectivity index (χ1n) is 10.4. The van der Waals surface area contributed by atoms with Gasteiger partial charge in [-0.1, -0.05) is 0 Å². The fraction of sp³-hybridized carbons (Fsp3) is 0.722. The van der Waals surface area contributed by atoms with E-state index in [1.54, 1.807) is 0 Å². The summed E-state index contributed by atoms with van der Waals surface area (Å²) in [6.07, 6.45) is 2.68. The summed E-state index contributed by atoms with van der Waals surface area (Å²) in [5.41, 5.74) is 5.02. The van der Waals surface area contributed by atoms with Gasteiger partial charge in [-0.15, -0.1) is 0 Å². The molecule has 0 radical (unpaired) electrons. The van der Waals surface area contributed by atoms with E-state index in [0.717, 1.165) is 32.4 Å². The van der Waals surface area contributed by atoms with Crippen molar-refractivity contribution < 1.29 is 27.6 Å². The normalized spacial score (nSPS) is 30.5. The number of alkyl halides is 1. The average Bonchev–Trinajstić information content (AvgIpc) is 3.32. The van der Waals surface area contributed by atoms with Gasteiger partial charge >= 0.3 is 7.82 Å². The molecule has 1 saturated carbocycles. The maximum absolute atomic E-state index is 15.5. The lowest BCUT2D eigenvalue weighted by molar-refractivity contribution is -0.0567. The monoisotopic (exact) mass is 456 g/mol. The second-order valence-corrected chi connectivity index (χ2v) is 10.1. The van der Waals surface area contributed by atoms with Gasteiger partial charge in [0.25, 0.3) is 0 Å². The number of nitrogen functional groups attached to an aromatic ring is 1. The highest BCUT2D eigenvalue weighted by Crippen LogP contribution is 2.48. The Labute approximate surface area is 178 Å². The summed E-state index contributed by atoms with van der Waals surface area (Å²) in [6, 6.07) is 0. The number of halogens is 1. The summed E-state index contributed by atoms with van der Waals surface area (Å²) in [5, 5.41) is 0. The predicted octanol–water partition coefficient (Wildman–Crippen LogP) is 2.18. The van der Waals surface area contributed by atoms with Gasteiger partial charge in [0.05, 0.1) is 25.6 Å². The maximum atomic E-state index is 15.5. The van der Waals surface area contributed by atoms with Gasteiger partial charge in [0.1, 0.15) is 0 Å². The molecule has 1 unspecified atom stereocenters. The Kier molecular flexibility index (Phi) is 5.17. The lowest BCUT2D eigenvalue weighted by Crippen LogP contribution is -2.38. The molecule has 13 heteroatoms. The van der Waals surface area contributed by atoms with E-state index in [0.29, 0.717) is 22.9 Å². The van der Waals surface area contributed by atoms with E-state index < -0.39 is 25.8 Å². The van der Waals surface area contributed by atoms with Crippen molar-refractivity contribution in [3.05, 3.63) is 6.33 Å². The first-order valence-corrected chi connectivity index (χ1v) is 11.9. The van der Waals surface area contributed by atoms with E-state index in [1.165, 1.54) is 17.8 Å². The van der Waals surface area contributed by atoms with Crippen molar-refractivity contribution in [3.63, 3.8) is 0 Å². The molecule has 3 N–H and O–H groups in total. The van der Waals surface area contributed by atoms with Crippen molar-refractivity contribution in [2.24, 2.45) is 5.92 Å². The molecule has 2 aromatic rings. The first-order chi connectivity index (χ1) is 14.7. The molecule has 2 aromatic heterocycles. The van der Waals surface area contributed by atoms with Crippen LogP contribution in [-0.2, 0) is 18.3 Å². The molecule has 0 bridgehead atoms. The zero-order valence-corrected chi connectivity index (χ0v) is 18.1. The Morgan fingerprint density at radius 3 is 2.77 bits per heavy atom. The molecule has 0 spiro atoms. The highest BCUT2D eigenvalue weighted by molar-refractivity contribution is 7.47. The van der Waals surface area contributed by atoms with Crippen molar-refractivity contribution in [3.8, 4) is 0 Å². The minimum Gasteiger partial charge on any atom is -0.368 e. The van der Waals surface area contributed by atoms with Crippen LogP contribution in [0.1, 0.15) is 38.8 Å². The molecule has 0 amide bonds. The lowest BCUT2D eigenvalue weighted by atomic mass is 10.0. The summed E-state index contributed by atoms with van der Waals surface area (Å²) < 4.78 is 44.9. The number of aromatic nitrogens is 4. The number of ether oxygens (including phenoxy) is 1. The van der Waals surface area contributed by atoms with E-state index in [-0.39, 0.29) is 25.6 Å². The first kappa shape index (κ1) is 21.0. The number of nitrogens with two attached hydrogens (primary N) is 1. The predicted molar refractivity (Wildman–Crippen MR) is 109 cm³/mol. The molecule has 2 saturated heterocycles. The van der Waals surface area contributed by atoms with Gasteiger partial charge in [-0.05, 0) is 32.1 Å². The van der Waals surface area contributed by atoms with Gasteiger partial charge in [-0.3, -0.25) is 13.6 Å². The zero-order chi connectivity index (χ0) is 21.8. The molecule has 4 atom stereocenters.